The number of alkyl halides is 2. The summed E-state index contributed by atoms with van der Waals surface area (Å²) in [7, 11) is 0. The van der Waals surface area contributed by atoms with Crippen molar-refractivity contribution in [3.63, 3.8) is 0 Å². The number of likely N-dealkylation sites (tertiary alicyclic amines) is 1. The van der Waals surface area contributed by atoms with E-state index in [9.17, 15) is 13.6 Å². The summed E-state index contributed by atoms with van der Waals surface area (Å²) in [5, 5.41) is 6.11. The number of nitrogens with zero attached hydrogens (tertiary/aromatic N) is 2. The summed E-state index contributed by atoms with van der Waals surface area (Å²) in [5.74, 6) is -0.00407. The first-order valence-corrected chi connectivity index (χ1v) is 10.1. The summed E-state index contributed by atoms with van der Waals surface area (Å²) in [6.45, 7) is 2.80. The molecule has 0 spiro atoms. The average Bonchev–Trinajstić information content (AvgIpc) is 2.56. The van der Waals surface area contributed by atoms with Gasteiger partial charge in [0.05, 0.1) is 19.3 Å². The molecule has 2 N–H and O–H groups in total. The van der Waals surface area contributed by atoms with Crippen LogP contribution >= 0.6 is 0 Å². The summed E-state index contributed by atoms with van der Waals surface area (Å²) in [5.41, 5.74) is 0.359. The van der Waals surface area contributed by atoms with Crippen molar-refractivity contribution < 1.29 is 18.3 Å². The number of halogens is 2. The zero-order valence-corrected chi connectivity index (χ0v) is 15.8. The molecular weight excluding hydrogens is 366 g/mol. The molecular formula is C20H26F2N4O2. The smallest absolute Gasteiger partial charge is 0.282 e. The second-order valence-corrected chi connectivity index (χ2v) is 9.29. The molecule has 4 saturated carbocycles. The van der Waals surface area contributed by atoms with Gasteiger partial charge in [-0.25, -0.2) is 13.8 Å². The van der Waals surface area contributed by atoms with E-state index >= 15 is 0 Å². The van der Waals surface area contributed by atoms with Crippen LogP contribution in [0.3, 0.4) is 0 Å². The van der Waals surface area contributed by atoms with Gasteiger partial charge in [-0.05, 0) is 56.3 Å². The quantitative estimate of drug-likeness (QED) is 0.754. The highest BCUT2D eigenvalue weighted by atomic mass is 19.3. The van der Waals surface area contributed by atoms with Gasteiger partial charge in [0.15, 0.2) is 6.61 Å². The summed E-state index contributed by atoms with van der Waals surface area (Å²) in [6, 6.07) is 0. The van der Waals surface area contributed by atoms with Gasteiger partial charge in [-0.3, -0.25) is 4.79 Å². The second kappa shape index (κ2) is 6.19. The van der Waals surface area contributed by atoms with Crippen molar-refractivity contribution in [2.75, 3.05) is 19.7 Å². The van der Waals surface area contributed by atoms with Crippen LogP contribution in [0.15, 0.2) is 29.0 Å². The molecule has 4 bridgehead atoms. The fourth-order valence-electron chi connectivity index (χ4n) is 6.18. The van der Waals surface area contributed by atoms with Gasteiger partial charge in [0.2, 0.25) is 5.88 Å². The van der Waals surface area contributed by atoms with E-state index < -0.39 is 5.92 Å². The van der Waals surface area contributed by atoms with E-state index in [1.807, 2.05) is 0 Å². The third kappa shape index (κ3) is 3.26. The van der Waals surface area contributed by atoms with E-state index in [4.69, 9.17) is 4.74 Å². The number of carbonyl (C=O) groups is 1. The first-order valence-electron chi connectivity index (χ1n) is 10.1. The maximum Gasteiger partial charge on any atom is 0.282 e. The number of ether oxygens (including phenoxy) is 1. The molecule has 152 valence electrons. The molecule has 5 fully saturated rings. The molecule has 6 nitrogen and oxygen atoms in total. The Morgan fingerprint density at radius 2 is 1.86 bits per heavy atom. The Bertz CT molecular complexity index is 733. The number of aliphatic imine (C=N–C) groups is 1. The molecule has 1 saturated heterocycles. The summed E-state index contributed by atoms with van der Waals surface area (Å²) >= 11 is 0. The Morgan fingerprint density at radius 1 is 1.25 bits per heavy atom. The molecule has 0 radical (unpaired) electrons. The third-order valence-electron chi connectivity index (χ3n) is 6.81. The van der Waals surface area contributed by atoms with Gasteiger partial charge >= 0.3 is 0 Å². The van der Waals surface area contributed by atoms with Gasteiger partial charge in [0.1, 0.15) is 11.5 Å². The topological polar surface area (TPSA) is 66.0 Å². The van der Waals surface area contributed by atoms with E-state index in [1.54, 1.807) is 0 Å². The summed E-state index contributed by atoms with van der Waals surface area (Å²) in [6.07, 6.45) is 8.62. The maximum atomic E-state index is 13.2. The molecule has 0 aromatic carbocycles. The van der Waals surface area contributed by atoms with E-state index in [0.717, 1.165) is 37.0 Å². The van der Waals surface area contributed by atoms with Crippen LogP contribution in [-0.2, 0) is 9.53 Å². The van der Waals surface area contributed by atoms with E-state index in [-0.39, 0.29) is 37.0 Å². The number of rotatable bonds is 5. The van der Waals surface area contributed by atoms with Crippen LogP contribution in [0.2, 0.25) is 0 Å². The normalized spacial score (nSPS) is 37.6. The highest BCUT2D eigenvalue weighted by molar-refractivity contribution is 5.81. The Labute approximate surface area is 163 Å². The minimum Gasteiger partial charge on any atom is -0.467 e. The van der Waals surface area contributed by atoms with Gasteiger partial charge in [-0.2, -0.15) is 0 Å². The number of allylic oxidation sites excluding steroid dienone is 1. The zero-order valence-electron chi connectivity index (χ0n) is 15.8. The molecule has 1 amide bonds. The van der Waals surface area contributed by atoms with Crippen LogP contribution in [0.25, 0.3) is 0 Å². The Morgan fingerprint density at radius 3 is 2.43 bits per heavy atom. The fraction of sp³-hybridized carbons (Fsp3) is 0.700. The number of hydrogen-bond acceptors (Lipinski definition) is 5. The van der Waals surface area contributed by atoms with Gasteiger partial charge in [-0.15, -0.1) is 0 Å². The van der Waals surface area contributed by atoms with Gasteiger partial charge < -0.3 is 20.3 Å². The molecule has 4 aliphatic carbocycles. The molecule has 2 heterocycles. The van der Waals surface area contributed by atoms with E-state index in [2.05, 4.69) is 22.2 Å². The molecule has 0 atom stereocenters. The van der Waals surface area contributed by atoms with Crippen LogP contribution in [0.4, 0.5) is 8.78 Å². The van der Waals surface area contributed by atoms with E-state index in [0.29, 0.717) is 11.5 Å². The number of amides is 1. The van der Waals surface area contributed by atoms with Crippen LogP contribution in [0.5, 0.6) is 0 Å². The molecule has 0 unspecified atom stereocenters. The van der Waals surface area contributed by atoms with Crippen molar-refractivity contribution in [2.24, 2.45) is 22.7 Å². The predicted octanol–water partition coefficient (Wildman–Crippen LogP) is 2.35. The minimum absolute atomic E-state index is 0.0724. The number of carbonyl (C=O) groups excluding carboxylic acids is 1. The Hall–Kier alpha value is -2.12. The maximum absolute atomic E-state index is 13.2. The van der Waals surface area contributed by atoms with Crippen molar-refractivity contribution in [1.82, 2.24) is 15.5 Å². The lowest BCUT2D eigenvalue weighted by molar-refractivity contribution is -0.131. The lowest BCUT2D eigenvalue weighted by Crippen LogP contribution is -2.60. The second-order valence-electron chi connectivity index (χ2n) is 9.29. The van der Waals surface area contributed by atoms with Gasteiger partial charge in [-0.1, -0.05) is 6.58 Å². The highest BCUT2D eigenvalue weighted by Gasteiger charge is 2.51. The van der Waals surface area contributed by atoms with Crippen molar-refractivity contribution in [1.29, 1.82) is 0 Å². The standard InChI is InChI=1S/C20H26F2N4O2/c1-12-23-8-16(26-10-20(21,22)11-26)18(24-12)28-9-17(27)25-19-5-13-2-14(6-19)4-15(3-13)7-19/h8,13-15,24H,1-7,9-11H2,(H,25,27). The average molecular weight is 392 g/mol. The fourth-order valence-corrected chi connectivity index (χ4v) is 6.18. The molecule has 28 heavy (non-hydrogen) atoms. The molecule has 2 aliphatic heterocycles. The van der Waals surface area contributed by atoms with Crippen LogP contribution in [0.1, 0.15) is 38.5 Å². The van der Waals surface area contributed by atoms with Gasteiger partial charge in [0, 0.05) is 5.54 Å². The van der Waals surface area contributed by atoms with Crippen LogP contribution in [-0.4, -0.2) is 48.2 Å². The summed E-state index contributed by atoms with van der Waals surface area (Å²) < 4.78 is 32.1. The van der Waals surface area contributed by atoms with Crippen molar-refractivity contribution in [3.05, 3.63) is 24.0 Å². The minimum atomic E-state index is -2.70. The predicted molar refractivity (Wildman–Crippen MR) is 99.3 cm³/mol. The molecule has 6 aliphatic rings. The summed E-state index contributed by atoms with van der Waals surface area (Å²) in [4.78, 5) is 18.2. The highest BCUT2D eigenvalue weighted by Crippen LogP contribution is 2.55. The first kappa shape index (κ1) is 17.9. The van der Waals surface area contributed by atoms with E-state index in [1.165, 1.54) is 30.4 Å². The molecule has 6 rings (SSSR count). The van der Waals surface area contributed by atoms with Crippen LogP contribution in [0, 0.1) is 17.8 Å². The van der Waals surface area contributed by atoms with Crippen molar-refractivity contribution >= 4 is 12.1 Å². The number of nitrogens with one attached hydrogen (secondary N) is 2. The Balaban J connectivity index is 1.22. The lowest BCUT2D eigenvalue weighted by Gasteiger charge is -2.56. The molecule has 0 aromatic rings. The largest absolute Gasteiger partial charge is 0.467 e. The lowest BCUT2D eigenvalue weighted by atomic mass is 9.53. The van der Waals surface area contributed by atoms with Gasteiger partial charge in [0.25, 0.3) is 11.8 Å². The zero-order chi connectivity index (χ0) is 19.5. The first-order chi connectivity index (χ1) is 13.3. The number of hydrogen-bond donors (Lipinski definition) is 2. The SMILES string of the molecule is C=C1N=CC(N2CC(F)(F)C2)=C(OCC(=O)NC23CC4CC(CC(C4)C2)C3)N1. The van der Waals surface area contributed by atoms with Crippen molar-refractivity contribution in [3.8, 4) is 0 Å². The van der Waals surface area contributed by atoms with Crippen LogP contribution < -0.4 is 10.6 Å². The molecule has 8 heteroatoms. The third-order valence-corrected chi connectivity index (χ3v) is 6.81. The monoisotopic (exact) mass is 392 g/mol. The molecule has 0 aromatic heterocycles. The van der Waals surface area contributed by atoms with Crippen molar-refractivity contribution in [2.45, 2.75) is 50.0 Å². The Kier molecular flexibility index (Phi) is 3.97.